The normalized spacial score (nSPS) is 10.3. The molecule has 0 atom stereocenters. The third-order valence-electron chi connectivity index (χ3n) is 2.34. The van der Waals surface area contributed by atoms with Gasteiger partial charge in [0.2, 0.25) is 0 Å². The van der Waals surface area contributed by atoms with Gasteiger partial charge < -0.3 is 0 Å². The van der Waals surface area contributed by atoms with Crippen LogP contribution in [0.25, 0.3) is 11.1 Å². The van der Waals surface area contributed by atoms with Crippen molar-refractivity contribution in [3.05, 3.63) is 52.5 Å². The molecule has 2 aromatic rings. The minimum atomic E-state index is 0.966. The van der Waals surface area contributed by atoms with E-state index >= 15 is 0 Å². The van der Waals surface area contributed by atoms with Gasteiger partial charge in [0.25, 0.3) is 0 Å². The predicted octanol–water partition coefficient (Wildman–Crippen LogP) is 4.71. The van der Waals surface area contributed by atoms with Crippen LogP contribution in [0.2, 0.25) is 0 Å². The zero-order valence-corrected chi connectivity index (χ0v) is 10.8. The van der Waals surface area contributed by atoms with Crippen molar-refractivity contribution in [2.75, 3.05) is 0 Å². The van der Waals surface area contributed by atoms with Gasteiger partial charge in [-0.3, -0.25) is 0 Å². The van der Waals surface area contributed by atoms with E-state index < -0.39 is 0 Å². The molecule has 0 aromatic heterocycles. The summed E-state index contributed by atoms with van der Waals surface area (Å²) in [7, 11) is 0. The van der Waals surface area contributed by atoms with Gasteiger partial charge in [-0.2, -0.15) is 0 Å². The second kappa shape index (κ2) is 4.42. The van der Waals surface area contributed by atoms with Gasteiger partial charge in [-0.25, -0.2) is 0 Å². The van der Waals surface area contributed by atoms with E-state index in [-0.39, 0.29) is 0 Å². The molecule has 0 spiro atoms. The molecule has 2 heteroatoms. The maximum Gasteiger partial charge on any atom is 0.0387 e. The van der Waals surface area contributed by atoms with Gasteiger partial charge in [0.05, 0.1) is 0 Å². The second-order valence-electron chi connectivity index (χ2n) is 3.50. The Balaban J connectivity index is 2.54. The Morgan fingerprint density at radius 3 is 2.33 bits per heavy atom. The summed E-state index contributed by atoms with van der Waals surface area (Å²) in [5.74, 6) is 0. The molecule has 0 fully saturated rings. The van der Waals surface area contributed by atoms with Crippen molar-refractivity contribution < 1.29 is 0 Å². The molecule has 15 heavy (non-hydrogen) atoms. The molecule has 0 amide bonds. The van der Waals surface area contributed by atoms with Crippen LogP contribution in [0.4, 0.5) is 0 Å². The van der Waals surface area contributed by atoms with Crippen LogP contribution in [0, 0.1) is 6.92 Å². The standard InChI is InChI=1S/C13H11BrS/c1-9-5-7-10(8-6-9)11-3-2-4-12(15)13(11)14/h2-8,15H,1H3. The van der Waals surface area contributed by atoms with E-state index in [4.69, 9.17) is 0 Å². The van der Waals surface area contributed by atoms with Gasteiger partial charge >= 0.3 is 0 Å². The number of hydrogen-bond acceptors (Lipinski definition) is 1. The quantitative estimate of drug-likeness (QED) is 0.718. The summed E-state index contributed by atoms with van der Waals surface area (Å²) >= 11 is 7.95. The number of hydrogen-bond donors (Lipinski definition) is 1. The fourth-order valence-electron chi connectivity index (χ4n) is 1.48. The molecule has 0 N–H and O–H groups in total. The minimum Gasteiger partial charge on any atom is -0.142 e. The molecule has 0 aliphatic rings. The Bertz CT molecular complexity index is 474. The number of aryl methyl sites for hydroxylation is 1. The van der Waals surface area contributed by atoms with Gasteiger partial charge in [-0.15, -0.1) is 12.6 Å². The summed E-state index contributed by atoms with van der Waals surface area (Å²) in [6.07, 6.45) is 0. The maximum absolute atomic E-state index is 4.39. The van der Waals surface area contributed by atoms with E-state index in [0.29, 0.717) is 0 Å². The lowest BCUT2D eigenvalue weighted by Gasteiger charge is -2.06. The van der Waals surface area contributed by atoms with Crippen LogP contribution in [0.5, 0.6) is 0 Å². The molecule has 2 rings (SSSR count). The minimum absolute atomic E-state index is 0.966. The van der Waals surface area contributed by atoms with Crippen LogP contribution in [-0.2, 0) is 0 Å². The van der Waals surface area contributed by atoms with E-state index in [2.05, 4.69) is 65.8 Å². The largest absolute Gasteiger partial charge is 0.142 e. The van der Waals surface area contributed by atoms with Crippen LogP contribution in [0.3, 0.4) is 0 Å². The van der Waals surface area contributed by atoms with Crippen molar-refractivity contribution in [3.63, 3.8) is 0 Å². The first kappa shape index (κ1) is 10.8. The third kappa shape index (κ3) is 2.27. The molecule has 76 valence electrons. The highest BCUT2D eigenvalue weighted by atomic mass is 79.9. The van der Waals surface area contributed by atoms with Gasteiger partial charge in [0, 0.05) is 9.37 Å². The van der Waals surface area contributed by atoms with E-state index in [0.717, 1.165) is 9.37 Å². The summed E-state index contributed by atoms with van der Waals surface area (Å²) < 4.78 is 1.05. The summed E-state index contributed by atoms with van der Waals surface area (Å²) in [6, 6.07) is 14.6. The van der Waals surface area contributed by atoms with Crippen molar-refractivity contribution in [2.45, 2.75) is 11.8 Å². The molecule has 0 aliphatic carbocycles. The van der Waals surface area contributed by atoms with Crippen molar-refractivity contribution >= 4 is 28.6 Å². The van der Waals surface area contributed by atoms with Crippen LogP contribution in [-0.4, -0.2) is 0 Å². The lowest BCUT2D eigenvalue weighted by atomic mass is 10.0. The SMILES string of the molecule is Cc1ccc(-c2cccc(S)c2Br)cc1. The lowest BCUT2D eigenvalue weighted by Crippen LogP contribution is -1.81. The second-order valence-corrected chi connectivity index (χ2v) is 4.78. The molecular weight excluding hydrogens is 268 g/mol. The van der Waals surface area contributed by atoms with Crippen molar-refractivity contribution in [3.8, 4) is 11.1 Å². The zero-order valence-electron chi connectivity index (χ0n) is 8.37. The number of thiol groups is 1. The molecule has 0 saturated carbocycles. The van der Waals surface area contributed by atoms with Gasteiger partial charge in [-0.05, 0) is 40.0 Å². The molecule has 0 unspecified atom stereocenters. The van der Waals surface area contributed by atoms with E-state index in [9.17, 15) is 0 Å². The summed E-state index contributed by atoms with van der Waals surface area (Å²) in [6.45, 7) is 2.09. The molecule has 0 bridgehead atoms. The topological polar surface area (TPSA) is 0 Å². The van der Waals surface area contributed by atoms with Gasteiger partial charge in [0.1, 0.15) is 0 Å². The zero-order chi connectivity index (χ0) is 10.8. The molecule has 0 saturated heterocycles. The van der Waals surface area contributed by atoms with Crippen molar-refractivity contribution in [1.29, 1.82) is 0 Å². The van der Waals surface area contributed by atoms with Crippen molar-refractivity contribution in [2.24, 2.45) is 0 Å². The summed E-state index contributed by atoms with van der Waals surface area (Å²) in [5.41, 5.74) is 3.67. The van der Waals surface area contributed by atoms with Crippen LogP contribution >= 0.6 is 28.6 Å². The fourth-order valence-corrected chi connectivity index (χ4v) is 2.18. The van der Waals surface area contributed by atoms with E-state index in [1.807, 2.05) is 12.1 Å². The Kier molecular flexibility index (Phi) is 3.17. The number of benzene rings is 2. The smallest absolute Gasteiger partial charge is 0.0387 e. The number of rotatable bonds is 1. The van der Waals surface area contributed by atoms with Crippen LogP contribution in [0.15, 0.2) is 51.8 Å². The Labute approximate surface area is 104 Å². The Morgan fingerprint density at radius 2 is 1.67 bits per heavy atom. The van der Waals surface area contributed by atoms with Crippen LogP contribution < -0.4 is 0 Å². The van der Waals surface area contributed by atoms with Gasteiger partial charge in [0.15, 0.2) is 0 Å². The lowest BCUT2D eigenvalue weighted by molar-refractivity contribution is 1.40. The predicted molar refractivity (Wildman–Crippen MR) is 71.6 cm³/mol. The molecular formula is C13H11BrS. The average molecular weight is 279 g/mol. The van der Waals surface area contributed by atoms with E-state index in [1.54, 1.807) is 0 Å². The van der Waals surface area contributed by atoms with Crippen molar-refractivity contribution in [1.82, 2.24) is 0 Å². The first-order chi connectivity index (χ1) is 7.18. The maximum atomic E-state index is 4.39. The highest BCUT2D eigenvalue weighted by molar-refractivity contribution is 9.10. The monoisotopic (exact) mass is 278 g/mol. The molecule has 0 nitrogen and oxygen atoms in total. The Hall–Kier alpha value is -0.730. The molecule has 0 radical (unpaired) electrons. The summed E-state index contributed by atoms with van der Waals surface area (Å²) in [5, 5.41) is 0. The Morgan fingerprint density at radius 1 is 1.00 bits per heavy atom. The highest BCUT2D eigenvalue weighted by Gasteiger charge is 2.04. The fraction of sp³-hybridized carbons (Fsp3) is 0.0769. The molecule has 0 heterocycles. The van der Waals surface area contributed by atoms with Gasteiger partial charge in [-0.1, -0.05) is 42.0 Å². The third-order valence-corrected chi connectivity index (χ3v) is 3.87. The summed E-state index contributed by atoms with van der Waals surface area (Å²) in [4.78, 5) is 0.966. The first-order valence-electron chi connectivity index (χ1n) is 4.73. The molecule has 0 aliphatic heterocycles. The van der Waals surface area contributed by atoms with Crippen LogP contribution in [0.1, 0.15) is 5.56 Å². The first-order valence-corrected chi connectivity index (χ1v) is 5.97. The molecule has 2 aromatic carbocycles. The number of halogens is 1. The van der Waals surface area contributed by atoms with E-state index in [1.165, 1.54) is 16.7 Å². The highest BCUT2D eigenvalue weighted by Crippen LogP contribution is 2.32. The average Bonchev–Trinajstić information content (AvgIpc) is 2.24.